The number of hydrogen-bond acceptors (Lipinski definition) is 3. The van der Waals surface area contributed by atoms with Gasteiger partial charge in [-0.3, -0.25) is 4.79 Å². The maximum atomic E-state index is 12.8. The van der Waals surface area contributed by atoms with Crippen molar-refractivity contribution in [2.45, 2.75) is 13.8 Å². The molecule has 2 aromatic carbocycles. The molecule has 0 spiro atoms. The van der Waals surface area contributed by atoms with E-state index in [0.29, 0.717) is 30.4 Å². The van der Waals surface area contributed by atoms with E-state index >= 15 is 0 Å². The summed E-state index contributed by atoms with van der Waals surface area (Å²) in [4.78, 5) is 11.9. The monoisotopic (exact) mass is 329 g/mol. The molecule has 0 aromatic heterocycles. The van der Waals surface area contributed by atoms with E-state index in [1.807, 2.05) is 32.0 Å². The third-order valence-corrected chi connectivity index (χ3v) is 3.11. The van der Waals surface area contributed by atoms with Crippen LogP contribution in [0.3, 0.4) is 0 Å². The molecule has 0 aliphatic carbocycles. The molecule has 126 valence electrons. The van der Waals surface area contributed by atoms with Gasteiger partial charge in [-0.15, -0.1) is 0 Å². The van der Waals surface area contributed by atoms with E-state index in [4.69, 9.17) is 9.47 Å². The van der Waals surface area contributed by atoms with Crippen LogP contribution >= 0.6 is 0 Å². The average Bonchev–Trinajstić information content (AvgIpc) is 2.57. The molecule has 0 fully saturated rings. The second-order valence-corrected chi connectivity index (χ2v) is 4.90. The van der Waals surface area contributed by atoms with Crippen LogP contribution in [-0.2, 0) is 4.79 Å². The van der Waals surface area contributed by atoms with Crippen molar-refractivity contribution >= 4 is 17.7 Å². The molecule has 0 saturated carbocycles. The van der Waals surface area contributed by atoms with Gasteiger partial charge >= 0.3 is 0 Å². The minimum absolute atomic E-state index is 0.298. The molecule has 0 heterocycles. The molecule has 1 N–H and O–H groups in total. The largest absolute Gasteiger partial charge is 0.490 e. The minimum atomic E-state index is -0.346. The third-order valence-electron chi connectivity index (χ3n) is 3.11. The smallest absolute Gasteiger partial charge is 0.248 e. The van der Waals surface area contributed by atoms with Crippen LogP contribution in [0.1, 0.15) is 19.4 Å². The number of carbonyl (C=O) groups excluding carboxylic acids is 1. The van der Waals surface area contributed by atoms with Crippen LogP contribution in [0.4, 0.5) is 10.1 Å². The number of anilines is 1. The Balaban J connectivity index is 2.05. The first-order valence-electron chi connectivity index (χ1n) is 7.76. The molecule has 2 rings (SSSR count). The summed E-state index contributed by atoms with van der Waals surface area (Å²) in [6.45, 7) is 4.88. The summed E-state index contributed by atoms with van der Waals surface area (Å²) >= 11 is 0. The maximum Gasteiger partial charge on any atom is 0.248 e. The van der Waals surface area contributed by atoms with E-state index in [1.54, 1.807) is 6.08 Å². The van der Waals surface area contributed by atoms with Crippen molar-refractivity contribution < 1.29 is 18.7 Å². The Kier molecular flexibility index (Phi) is 6.37. The van der Waals surface area contributed by atoms with Crippen LogP contribution in [0.5, 0.6) is 11.5 Å². The van der Waals surface area contributed by atoms with Crippen molar-refractivity contribution in [3.8, 4) is 11.5 Å². The minimum Gasteiger partial charge on any atom is -0.490 e. The zero-order chi connectivity index (χ0) is 17.4. The normalized spacial score (nSPS) is 10.6. The van der Waals surface area contributed by atoms with E-state index in [2.05, 4.69) is 5.32 Å². The van der Waals surface area contributed by atoms with Gasteiger partial charge in [-0.25, -0.2) is 4.39 Å². The van der Waals surface area contributed by atoms with Gasteiger partial charge in [0.2, 0.25) is 5.91 Å². The maximum absolute atomic E-state index is 12.8. The lowest BCUT2D eigenvalue weighted by Crippen LogP contribution is -2.07. The van der Waals surface area contributed by atoms with Crippen molar-refractivity contribution in [3.63, 3.8) is 0 Å². The zero-order valence-corrected chi connectivity index (χ0v) is 13.7. The first-order chi connectivity index (χ1) is 11.6. The predicted octanol–water partition coefficient (Wildman–Crippen LogP) is 4.28. The van der Waals surface area contributed by atoms with Crippen molar-refractivity contribution in [1.29, 1.82) is 0 Å². The summed E-state index contributed by atoms with van der Waals surface area (Å²) in [5, 5.41) is 2.66. The molecule has 0 bridgehead atoms. The second kappa shape index (κ2) is 8.72. The molecular weight excluding hydrogens is 309 g/mol. The molecule has 1 amide bonds. The number of nitrogens with one attached hydrogen (secondary N) is 1. The number of hydrogen-bond donors (Lipinski definition) is 1. The van der Waals surface area contributed by atoms with Gasteiger partial charge in [0.05, 0.1) is 13.2 Å². The molecule has 0 saturated heterocycles. The number of benzene rings is 2. The zero-order valence-electron chi connectivity index (χ0n) is 13.7. The van der Waals surface area contributed by atoms with E-state index in [0.717, 1.165) is 5.56 Å². The fourth-order valence-electron chi connectivity index (χ4n) is 2.06. The van der Waals surface area contributed by atoms with Gasteiger partial charge in [0, 0.05) is 11.8 Å². The molecule has 4 nitrogen and oxygen atoms in total. The van der Waals surface area contributed by atoms with Crippen molar-refractivity contribution in [2.24, 2.45) is 0 Å². The van der Waals surface area contributed by atoms with Gasteiger partial charge in [-0.1, -0.05) is 6.07 Å². The van der Waals surface area contributed by atoms with Crippen molar-refractivity contribution in [1.82, 2.24) is 0 Å². The van der Waals surface area contributed by atoms with Crippen molar-refractivity contribution in [3.05, 3.63) is 59.9 Å². The first kappa shape index (κ1) is 17.5. The lowest BCUT2D eigenvalue weighted by molar-refractivity contribution is -0.111. The second-order valence-electron chi connectivity index (χ2n) is 4.90. The molecule has 24 heavy (non-hydrogen) atoms. The van der Waals surface area contributed by atoms with Gasteiger partial charge in [-0.05, 0) is 61.9 Å². The van der Waals surface area contributed by atoms with Crippen LogP contribution in [0.25, 0.3) is 6.08 Å². The standard InChI is InChI=1S/C19H20FNO3/c1-3-23-17-11-5-14(13-18(17)24-4-2)6-12-19(22)21-16-9-7-15(20)8-10-16/h5-13H,3-4H2,1-2H3,(H,21,22)/b12-6+. The van der Waals surface area contributed by atoms with Gasteiger partial charge < -0.3 is 14.8 Å². The molecule has 0 unspecified atom stereocenters. The lowest BCUT2D eigenvalue weighted by atomic mass is 10.2. The average molecular weight is 329 g/mol. The Morgan fingerprint density at radius 2 is 1.71 bits per heavy atom. The number of carbonyl (C=O) groups is 1. The van der Waals surface area contributed by atoms with Crippen LogP contribution in [0.2, 0.25) is 0 Å². The Labute approximate surface area is 140 Å². The van der Waals surface area contributed by atoms with Gasteiger partial charge in [0.1, 0.15) is 5.82 Å². The SMILES string of the molecule is CCOc1ccc(/C=C/C(=O)Nc2ccc(F)cc2)cc1OCC. The highest BCUT2D eigenvalue weighted by Crippen LogP contribution is 2.29. The summed E-state index contributed by atoms with van der Waals surface area (Å²) < 4.78 is 23.9. The molecule has 0 aliphatic rings. The summed E-state index contributed by atoms with van der Waals surface area (Å²) in [6.07, 6.45) is 3.09. The molecule has 0 atom stereocenters. The fraction of sp³-hybridized carbons (Fsp3) is 0.211. The quantitative estimate of drug-likeness (QED) is 0.772. The molecular formula is C19H20FNO3. The van der Waals surface area contributed by atoms with E-state index in [1.165, 1.54) is 30.3 Å². The summed E-state index contributed by atoms with van der Waals surface area (Å²) in [5.74, 6) is 0.669. The predicted molar refractivity (Wildman–Crippen MR) is 92.8 cm³/mol. The van der Waals surface area contributed by atoms with Crippen LogP contribution < -0.4 is 14.8 Å². The van der Waals surface area contributed by atoms with Gasteiger partial charge in [0.25, 0.3) is 0 Å². The molecule has 2 aromatic rings. The van der Waals surface area contributed by atoms with Gasteiger partial charge in [-0.2, -0.15) is 0 Å². The molecule has 5 heteroatoms. The van der Waals surface area contributed by atoms with E-state index < -0.39 is 0 Å². The van der Waals surface area contributed by atoms with E-state index in [9.17, 15) is 9.18 Å². The number of rotatable bonds is 7. The molecule has 0 radical (unpaired) electrons. The number of ether oxygens (including phenoxy) is 2. The van der Waals surface area contributed by atoms with Crippen LogP contribution in [0.15, 0.2) is 48.5 Å². The highest BCUT2D eigenvalue weighted by atomic mass is 19.1. The Morgan fingerprint density at radius 3 is 2.38 bits per heavy atom. The van der Waals surface area contributed by atoms with Crippen molar-refractivity contribution in [2.75, 3.05) is 18.5 Å². The fourth-order valence-corrected chi connectivity index (χ4v) is 2.06. The molecule has 0 aliphatic heterocycles. The lowest BCUT2D eigenvalue weighted by Gasteiger charge is -2.11. The van der Waals surface area contributed by atoms with Crippen LogP contribution in [-0.4, -0.2) is 19.1 Å². The summed E-state index contributed by atoms with van der Waals surface area (Å²) in [7, 11) is 0. The number of amides is 1. The number of halogens is 1. The third kappa shape index (κ3) is 5.12. The Bertz CT molecular complexity index is 711. The van der Waals surface area contributed by atoms with Gasteiger partial charge in [0.15, 0.2) is 11.5 Å². The summed E-state index contributed by atoms with van der Waals surface area (Å²) in [5.41, 5.74) is 1.35. The Hall–Kier alpha value is -2.82. The summed E-state index contributed by atoms with van der Waals surface area (Å²) in [6, 6.07) is 11.1. The Morgan fingerprint density at radius 1 is 1.04 bits per heavy atom. The first-order valence-corrected chi connectivity index (χ1v) is 7.76. The highest BCUT2D eigenvalue weighted by molar-refractivity contribution is 6.01. The highest BCUT2D eigenvalue weighted by Gasteiger charge is 2.05. The van der Waals surface area contributed by atoms with E-state index in [-0.39, 0.29) is 11.7 Å². The van der Waals surface area contributed by atoms with Crippen LogP contribution in [0, 0.1) is 5.82 Å². The topological polar surface area (TPSA) is 47.6 Å².